The van der Waals surface area contributed by atoms with Crippen molar-refractivity contribution < 1.29 is 14.4 Å². The minimum Gasteiger partial charge on any atom is -0.368 e. The summed E-state index contributed by atoms with van der Waals surface area (Å²) in [6.45, 7) is 6.48. The van der Waals surface area contributed by atoms with Crippen molar-refractivity contribution in [2.75, 3.05) is 51.3 Å². The number of nitrogens with zero attached hydrogens (tertiary/aromatic N) is 3. The second-order valence-corrected chi connectivity index (χ2v) is 9.33. The van der Waals surface area contributed by atoms with Gasteiger partial charge in [0.05, 0.1) is 7.11 Å². The van der Waals surface area contributed by atoms with Gasteiger partial charge in [-0.25, -0.2) is 9.79 Å². The zero-order chi connectivity index (χ0) is 23.2. The van der Waals surface area contributed by atoms with Crippen molar-refractivity contribution in [3.63, 3.8) is 0 Å². The van der Waals surface area contributed by atoms with E-state index in [-0.39, 0.29) is 11.8 Å². The molecule has 2 amide bonds. The van der Waals surface area contributed by atoms with Crippen LogP contribution in [0.5, 0.6) is 0 Å². The minimum absolute atomic E-state index is 0.155. The van der Waals surface area contributed by atoms with Crippen LogP contribution in [0.1, 0.15) is 13.3 Å². The van der Waals surface area contributed by atoms with Gasteiger partial charge in [0.1, 0.15) is 0 Å². The molecule has 4 rings (SSSR count). The molecular weight excluding hydrogens is 436 g/mol. The molecule has 0 aliphatic carbocycles. The molecule has 0 bridgehead atoms. The Hall–Kier alpha value is -2.81. The van der Waals surface area contributed by atoms with Gasteiger partial charge in [-0.05, 0) is 53.8 Å². The van der Waals surface area contributed by atoms with Gasteiger partial charge in [0.25, 0.3) is 5.91 Å². The first-order valence-corrected chi connectivity index (χ1v) is 12.0. The van der Waals surface area contributed by atoms with Gasteiger partial charge in [-0.3, -0.25) is 14.4 Å². The lowest BCUT2D eigenvalue weighted by molar-refractivity contribution is -0.129. The summed E-state index contributed by atoms with van der Waals surface area (Å²) in [6.07, 6.45) is 2.66. The highest BCUT2D eigenvalue weighted by molar-refractivity contribution is 7.97. The molecule has 2 aliphatic heterocycles. The van der Waals surface area contributed by atoms with Crippen molar-refractivity contribution in [3.05, 3.63) is 60.2 Å². The predicted octanol–water partition coefficient (Wildman–Crippen LogP) is 3.34. The lowest BCUT2D eigenvalue weighted by Crippen LogP contribution is -2.48. The smallest absolute Gasteiger partial charge is 0.270 e. The van der Waals surface area contributed by atoms with Gasteiger partial charge in [0.15, 0.2) is 0 Å². The number of benzene rings is 2. The van der Waals surface area contributed by atoms with Crippen LogP contribution < -0.4 is 10.4 Å². The Labute approximate surface area is 199 Å². The number of rotatable bonds is 6. The molecule has 1 saturated heterocycles. The molecule has 2 aliphatic rings. The molecule has 7 nitrogen and oxygen atoms in total. The maximum Gasteiger partial charge on any atom is 0.270 e. The van der Waals surface area contributed by atoms with Gasteiger partial charge in [-0.1, -0.05) is 30.3 Å². The van der Waals surface area contributed by atoms with Crippen molar-refractivity contribution in [1.82, 2.24) is 14.7 Å². The summed E-state index contributed by atoms with van der Waals surface area (Å²) in [6, 6.07) is 17.3. The van der Waals surface area contributed by atoms with Crippen LogP contribution in [-0.2, 0) is 14.4 Å². The highest BCUT2D eigenvalue weighted by atomic mass is 32.2. The van der Waals surface area contributed by atoms with Crippen LogP contribution in [0, 0.1) is 0 Å². The number of carbonyl (C=O) groups excluding carboxylic acids is 2. The minimum atomic E-state index is -0.157. The molecule has 0 spiro atoms. The lowest BCUT2D eigenvalue weighted by Gasteiger charge is -2.35. The van der Waals surface area contributed by atoms with Crippen molar-refractivity contribution in [3.8, 4) is 11.1 Å². The van der Waals surface area contributed by atoms with Crippen molar-refractivity contribution in [1.29, 1.82) is 0 Å². The molecule has 2 aromatic carbocycles. The first kappa shape index (κ1) is 23.4. The van der Waals surface area contributed by atoms with Gasteiger partial charge < -0.3 is 9.80 Å². The Morgan fingerprint density at radius 2 is 1.55 bits per heavy atom. The largest absolute Gasteiger partial charge is 0.368 e. The second kappa shape index (κ2) is 10.9. The van der Waals surface area contributed by atoms with Crippen LogP contribution in [0.2, 0.25) is 0 Å². The van der Waals surface area contributed by atoms with E-state index in [4.69, 9.17) is 4.84 Å². The summed E-state index contributed by atoms with van der Waals surface area (Å²) in [5, 5.41) is 0. The van der Waals surface area contributed by atoms with E-state index < -0.39 is 0 Å². The summed E-state index contributed by atoms with van der Waals surface area (Å²) >= 11 is 1.71. The fraction of sp³-hybridized carbons (Fsp3) is 0.360. The van der Waals surface area contributed by atoms with E-state index in [1.54, 1.807) is 18.9 Å². The molecule has 2 heterocycles. The van der Waals surface area contributed by atoms with Crippen molar-refractivity contribution in [2.45, 2.75) is 18.2 Å². The predicted molar refractivity (Wildman–Crippen MR) is 132 cm³/mol. The first-order chi connectivity index (χ1) is 16.0. The van der Waals surface area contributed by atoms with Crippen molar-refractivity contribution >= 4 is 29.4 Å². The maximum atomic E-state index is 11.8. The maximum absolute atomic E-state index is 11.8. The highest BCUT2D eigenvalue weighted by Gasteiger charge is 2.19. The van der Waals surface area contributed by atoms with E-state index in [0.29, 0.717) is 6.42 Å². The zero-order valence-electron chi connectivity index (χ0n) is 19.1. The van der Waals surface area contributed by atoms with Gasteiger partial charge >= 0.3 is 0 Å². The van der Waals surface area contributed by atoms with Gasteiger partial charge in [0, 0.05) is 62.3 Å². The molecule has 1 N–H and O–H groups in total. The van der Waals surface area contributed by atoms with E-state index in [1.165, 1.54) is 28.8 Å². The summed E-state index contributed by atoms with van der Waals surface area (Å²) < 4.78 is 2.25. The van der Waals surface area contributed by atoms with E-state index in [0.717, 1.165) is 44.8 Å². The number of anilines is 1. The van der Waals surface area contributed by atoms with Gasteiger partial charge in [-0.15, -0.1) is 0 Å². The Balaban J connectivity index is 1.31. The van der Waals surface area contributed by atoms with Crippen LogP contribution in [0.4, 0.5) is 5.69 Å². The summed E-state index contributed by atoms with van der Waals surface area (Å²) in [7, 11) is 1.44. The van der Waals surface area contributed by atoms with Crippen LogP contribution >= 0.6 is 11.9 Å². The molecule has 0 radical (unpaired) electrons. The Morgan fingerprint density at radius 3 is 2.09 bits per heavy atom. The van der Waals surface area contributed by atoms with Crippen LogP contribution in [-0.4, -0.2) is 67.4 Å². The van der Waals surface area contributed by atoms with Crippen molar-refractivity contribution in [2.24, 2.45) is 0 Å². The second-order valence-electron chi connectivity index (χ2n) is 8.16. The van der Waals surface area contributed by atoms with E-state index in [1.807, 2.05) is 11.0 Å². The standard InChI is InChI=1S/C25H30N4O3S/c1-19(30)27-15-17-28(18-16-27)23-7-3-20(4-8-23)21-5-9-24(10-6-21)33-29-13-11-22(12-14-29)25(31)26-32-2/h3-11H,12-18H2,1-2H3,(H,26,31). The lowest BCUT2D eigenvalue weighted by atomic mass is 10.1. The van der Waals surface area contributed by atoms with Crippen LogP contribution in [0.3, 0.4) is 0 Å². The molecule has 174 valence electrons. The number of nitrogens with one attached hydrogen (secondary N) is 1. The molecule has 0 saturated carbocycles. The highest BCUT2D eigenvalue weighted by Crippen LogP contribution is 2.29. The van der Waals surface area contributed by atoms with Crippen LogP contribution in [0.15, 0.2) is 65.1 Å². The third-order valence-corrected chi connectivity index (χ3v) is 7.11. The number of piperazine rings is 1. The molecule has 8 heteroatoms. The zero-order valence-corrected chi connectivity index (χ0v) is 19.9. The third-order valence-electron chi connectivity index (χ3n) is 6.04. The number of amides is 2. The van der Waals surface area contributed by atoms with Gasteiger partial charge in [0.2, 0.25) is 5.91 Å². The average molecular weight is 467 g/mol. The Kier molecular flexibility index (Phi) is 7.69. The summed E-state index contributed by atoms with van der Waals surface area (Å²) in [5.74, 6) is -0.00145. The topological polar surface area (TPSA) is 65.1 Å². The quantitative estimate of drug-likeness (QED) is 0.520. The fourth-order valence-electron chi connectivity index (χ4n) is 4.10. The molecule has 33 heavy (non-hydrogen) atoms. The average Bonchev–Trinajstić information content (AvgIpc) is 2.85. The van der Waals surface area contributed by atoms with E-state index >= 15 is 0 Å². The molecule has 0 atom stereocenters. The first-order valence-electron chi connectivity index (χ1n) is 11.2. The van der Waals surface area contributed by atoms with E-state index in [2.05, 4.69) is 63.2 Å². The number of hydroxylamine groups is 1. The molecule has 0 aromatic heterocycles. The third kappa shape index (κ3) is 5.96. The molecule has 2 aromatic rings. The van der Waals surface area contributed by atoms with E-state index in [9.17, 15) is 9.59 Å². The molecule has 1 fully saturated rings. The van der Waals surface area contributed by atoms with Gasteiger partial charge in [-0.2, -0.15) is 0 Å². The number of hydrogen-bond donors (Lipinski definition) is 1. The summed E-state index contributed by atoms with van der Waals surface area (Å²) in [4.78, 5) is 33.5. The number of hydrogen-bond acceptors (Lipinski definition) is 6. The molecular formula is C25H30N4O3S. The van der Waals surface area contributed by atoms with Crippen LogP contribution in [0.25, 0.3) is 11.1 Å². The summed E-state index contributed by atoms with van der Waals surface area (Å²) in [5.41, 5.74) is 6.72. The normalized spacial score (nSPS) is 17.0. The number of carbonyl (C=O) groups is 2. The monoisotopic (exact) mass is 466 g/mol. The Bertz CT molecular complexity index is 999. The molecule has 0 unspecified atom stereocenters. The fourth-order valence-corrected chi connectivity index (χ4v) is 4.99. The SMILES string of the molecule is CONC(=O)C1=CCN(Sc2ccc(-c3ccc(N4CCN(C(C)=O)CC4)cc3)cc2)CC1. The Morgan fingerprint density at radius 1 is 0.909 bits per heavy atom.